The quantitative estimate of drug-likeness (QED) is 0.637. The normalized spacial score (nSPS) is 14.4. The van der Waals surface area contributed by atoms with E-state index >= 15 is 0 Å². The second kappa shape index (κ2) is 8.50. The smallest absolute Gasteiger partial charge is 0.226 e. The molecule has 4 nitrogen and oxygen atoms in total. The molecule has 1 N–H and O–H groups in total. The molecular weight excluding hydrogens is 362 g/mol. The van der Waals surface area contributed by atoms with Gasteiger partial charge >= 0.3 is 0 Å². The van der Waals surface area contributed by atoms with Crippen LogP contribution in [0.2, 0.25) is 0 Å². The zero-order chi connectivity index (χ0) is 20.2. The van der Waals surface area contributed by atoms with E-state index in [1.54, 1.807) is 6.26 Å². The van der Waals surface area contributed by atoms with Crippen LogP contribution in [0.15, 0.2) is 84.0 Å². The number of aliphatic hydroxyl groups is 1. The summed E-state index contributed by atoms with van der Waals surface area (Å²) in [6, 6.07) is 20.1. The first-order valence-corrected chi connectivity index (χ1v) is 9.95. The van der Waals surface area contributed by atoms with Crippen LogP contribution in [0.4, 0.5) is 0 Å². The maximum absolute atomic E-state index is 13.3. The molecule has 2 aromatic carbocycles. The molecule has 3 aromatic rings. The number of carbonyl (C=O) groups excluding carboxylic acids is 1. The molecule has 0 aliphatic heterocycles. The lowest BCUT2D eigenvalue weighted by molar-refractivity contribution is -0.135. The first-order chi connectivity index (χ1) is 14.2. The molecule has 1 unspecified atom stereocenters. The van der Waals surface area contributed by atoms with Crippen molar-refractivity contribution in [1.29, 1.82) is 0 Å². The van der Waals surface area contributed by atoms with Gasteiger partial charge in [-0.2, -0.15) is 0 Å². The summed E-state index contributed by atoms with van der Waals surface area (Å²) in [5.74, 6) is 0.580. The molecule has 0 spiro atoms. The monoisotopic (exact) mass is 387 g/mol. The zero-order valence-electron chi connectivity index (χ0n) is 16.3. The Labute approximate surface area is 171 Å². The number of amides is 1. The Morgan fingerprint density at radius 1 is 1.07 bits per heavy atom. The molecule has 1 amide bonds. The third-order valence-electron chi connectivity index (χ3n) is 5.56. The number of rotatable bonds is 6. The van der Waals surface area contributed by atoms with Crippen molar-refractivity contribution in [1.82, 2.24) is 4.90 Å². The van der Waals surface area contributed by atoms with E-state index in [-0.39, 0.29) is 18.4 Å². The van der Waals surface area contributed by atoms with E-state index in [0.29, 0.717) is 12.3 Å². The molecule has 1 aliphatic carbocycles. The number of benzene rings is 2. The van der Waals surface area contributed by atoms with E-state index in [1.807, 2.05) is 41.3 Å². The van der Waals surface area contributed by atoms with Crippen molar-refractivity contribution in [3.63, 3.8) is 0 Å². The predicted molar refractivity (Wildman–Crippen MR) is 112 cm³/mol. The highest BCUT2D eigenvalue weighted by Gasteiger charge is 2.32. The summed E-state index contributed by atoms with van der Waals surface area (Å²) in [4.78, 5) is 15.2. The number of carbonyl (C=O) groups is 1. The summed E-state index contributed by atoms with van der Waals surface area (Å²) in [6.07, 6.45) is 4.00. The van der Waals surface area contributed by atoms with E-state index in [1.165, 1.54) is 17.2 Å². The van der Waals surface area contributed by atoms with Crippen molar-refractivity contribution in [3.8, 4) is 0 Å². The largest absolute Gasteiger partial charge is 0.467 e. The fourth-order valence-electron chi connectivity index (χ4n) is 4.10. The number of aryl methyl sites for hydroxylation is 2. The third-order valence-corrected chi connectivity index (χ3v) is 5.56. The Morgan fingerprint density at radius 2 is 1.69 bits per heavy atom. The van der Waals surface area contributed by atoms with Crippen LogP contribution in [0.5, 0.6) is 0 Å². The summed E-state index contributed by atoms with van der Waals surface area (Å²) in [5.41, 5.74) is 4.75. The third kappa shape index (κ3) is 4.03. The van der Waals surface area contributed by atoms with Gasteiger partial charge in [0.05, 0.1) is 31.4 Å². The van der Waals surface area contributed by atoms with Crippen molar-refractivity contribution in [2.45, 2.75) is 38.0 Å². The highest BCUT2D eigenvalue weighted by molar-refractivity contribution is 5.78. The Kier molecular flexibility index (Phi) is 5.63. The van der Waals surface area contributed by atoms with E-state index in [2.05, 4.69) is 30.8 Å². The number of fused-ring (bicyclic) bond motifs is 2. The van der Waals surface area contributed by atoms with Gasteiger partial charge in [0.2, 0.25) is 5.91 Å². The number of hydrogen-bond acceptors (Lipinski definition) is 3. The fourth-order valence-corrected chi connectivity index (χ4v) is 4.10. The maximum atomic E-state index is 13.3. The molecule has 1 heterocycles. The van der Waals surface area contributed by atoms with E-state index < -0.39 is 6.10 Å². The van der Waals surface area contributed by atoms with Crippen LogP contribution >= 0.6 is 0 Å². The average molecular weight is 387 g/mol. The second-order valence-corrected chi connectivity index (χ2v) is 7.41. The van der Waals surface area contributed by atoms with Gasteiger partial charge < -0.3 is 14.4 Å². The second-order valence-electron chi connectivity index (χ2n) is 7.41. The molecule has 29 heavy (non-hydrogen) atoms. The molecule has 1 aliphatic rings. The summed E-state index contributed by atoms with van der Waals surface area (Å²) in [7, 11) is 0. The first-order valence-electron chi connectivity index (χ1n) is 9.95. The first kappa shape index (κ1) is 19.2. The molecule has 1 atom stereocenters. The van der Waals surface area contributed by atoms with Crippen LogP contribution in [0.25, 0.3) is 0 Å². The Morgan fingerprint density at radius 3 is 2.24 bits per heavy atom. The SMILES string of the molecule is C=CC(O)CC(=O)N(Cc1ccco1)C1c2ccccc2CCc2ccccc21. The van der Waals surface area contributed by atoms with Crippen LogP contribution in [0.1, 0.15) is 40.5 Å². The van der Waals surface area contributed by atoms with Gasteiger partial charge in [-0.15, -0.1) is 6.58 Å². The van der Waals surface area contributed by atoms with Crippen LogP contribution < -0.4 is 0 Å². The van der Waals surface area contributed by atoms with Gasteiger partial charge in [-0.3, -0.25) is 4.79 Å². The average Bonchev–Trinajstić information content (AvgIpc) is 3.20. The van der Waals surface area contributed by atoms with Gasteiger partial charge in [0, 0.05) is 0 Å². The maximum Gasteiger partial charge on any atom is 0.226 e. The van der Waals surface area contributed by atoms with Crippen molar-refractivity contribution in [2.24, 2.45) is 0 Å². The summed E-state index contributed by atoms with van der Waals surface area (Å²) in [6.45, 7) is 3.95. The Balaban J connectivity index is 1.84. The van der Waals surface area contributed by atoms with Crippen LogP contribution in [0.3, 0.4) is 0 Å². The molecule has 0 saturated carbocycles. The standard InChI is InChI=1S/C25H25NO3/c1-2-20(27)16-24(28)26(17-21-10-7-15-29-21)25-22-11-5-3-8-18(22)13-14-19-9-4-6-12-23(19)25/h2-12,15,20,25,27H,1,13-14,16-17H2. The Bertz CT molecular complexity index is 945. The lowest BCUT2D eigenvalue weighted by Gasteiger charge is -2.33. The summed E-state index contributed by atoms with van der Waals surface area (Å²) >= 11 is 0. The minimum Gasteiger partial charge on any atom is -0.467 e. The zero-order valence-corrected chi connectivity index (χ0v) is 16.3. The molecule has 0 radical (unpaired) electrons. The van der Waals surface area contributed by atoms with Gasteiger partial charge in [-0.1, -0.05) is 54.6 Å². The summed E-state index contributed by atoms with van der Waals surface area (Å²) < 4.78 is 5.57. The van der Waals surface area contributed by atoms with E-state index in [0.717, 1.165) is 24.0 Å². The molecule has 0 bridgehead atoms. The molecule has 0 saturated heterocycles. The van der Waals surface area contributed by atoms with Gasteiger partial charge in [0.25, 0.3) is 0 Å². The molecule has 4 rings (SSSR count). The molecule has 148 valence electrons. The van der Waals surface area contributed by atoms with Crippen molar-refractivity contribution in [2.75, 3.05) is 0 Å². The number of furan rings is 1. The minimum atomic E-state index is -0.877. The Hall–Kier alpha value is -3.11. The fraction of sp³-hybridized carbons (Fsp3) is 0.240. The lowest BCUT2D eigenvalue weighted by atomic mass is 9.92. The van der Waals surface area contributed by atoms with Gasteiger partial charge in [0.1, 0.15) is 5.76 Å². The van der Waals surface area contributed by atoms with Gasteiger partial charge in [-0.05, 0) is 47.2 Å². The minimum absolute atomic E-state index is 0.00889. The predicted octanol–water partition coefficient (Wildman–Crippen LogP) is 4.43. The number of aliphatic hydroxyl groups excluding tert-OH is 1. The van der Waals surface area contributed by atoms with Crippen LogP contribution in [-0.2, 0) is 24.2 Å². The van der Waals surface area contributed by atoms with Gasteiger partial charge in [0.15, 0.2) is 0 Å². The molecule has 0 fully saturated rings. The van der Waals surface area contributed by atoms with E-state index in [9.17, 15) is 9.90 Å². The number of hydrogen-bond donors (Lipinski definition) is 1. The molecule has 1 aromatic heterocycles. The van der Waals surface area contributed by atoms with E-state index in [4.69, 9.17) is 4.42 Å². The molecular formula is C25H25NO3. The lowest BCUT2D eigenvalue weighted by Crippen LogP contribution is -2.37. The summed E-state index contributed by atoms with van der Waals surface area (Å²) in [5, 5.41) is 10.1. The van der Waals surface area contributed by atoms with Crippen LogP contribution in [-0.4, -0.2) is 22.0 Å². The van der Waals surface area contributed by atoms with Gasteiger partial charge in [-0.25, -0.2) is 0 Å². The van der Waals surface area contributed by atoms with Crippen molar-refractivity contribution in [3.05, 3.63) is 108 Å². The van der Waals surface area contributed by atoms with Crippen LogP contribution in [0, 0.1) is 0 Å². The highest BCUT2D eigenvalue weighted by atomic mass is 16.3. The van der Waals surface area contributed by atoms with Crippen molar-refractivity contribution >= 4 is 5.91 Å². The van der Waals surface area contributed by atoms with Crippen molar-refractivity contribution < 1.29 is 14.3 Å². The number of nitrogens with zero attached hydrogens (tertiary/aromatic N) is 1. The molecule has 4 heteroatoms. The topological polar surface area (TPSA) is 53.7 Å². The highest BCUT2D eigenvalue weighted by Crippen LogP contribution is 2.38.